The second kappa shape index (κ2) is 4.88. The average Bonchev–Trinajstić information content (AvgIpc) is 2.91. The minimum atomic E-state index is -0.176. The van der Waals surface area contributed by atoms with Gasteiger partial charge in [0.2, 0.25) is 0 Å². The average molecular weight is 272 g/mol. The van der Waals surface area contributed by atoms with Crippen LogP contribution in [0.25, 0.3) is 0 Å². The number of nitrogens with zero attached hydrogens (tertiary/aromatic N) is 2. The molecule has 3 N–H and O–H groups in total. The van der Waals surface area contributed by atoms with E-state index in [2.05, 4.69) is 10.2 Å². The van der Waals surface area contributed by atoms with E-state index in [0.29, 0.717) is 23.7 Å². The number of nitrogen functional groups attached to an aromatic ring is 1. The summed E-state index contributed by atoms with van der Waals surface area (Å²) < 4.78 is 5.39. The first-order chi connectivity index (χ1) is 9.72. The molecule has 2 heterocycles. The van der Waals surface area contributed by atoms with Crippen LogP contribution in [0.2, 0.25) is 0 Å². The molecule has 1 aliphatic heterocycles. The summed E-state index contributed by atoms with van der Waals surface area (Å²) in [7, 11) is 1.61. The molecule has 1 aromatic carbocycles. The van der Waals surface area contributed by atoms with E-state index >= 15 is 0 Å². The molecule has 0 aliphatic carbocycles. The second-order valence-corrected chi connectivity index (χ2v) is 4.73. The molecular weight excluding hydrogens is 256 g/mol. The smallest absolute Gasteiger partial charge is 0.278 e. The number of ether oxygens (including phenoxy) is 1. The highest BCUT2D eigenvalue weighted by atomic mass is 16.5. The zero-order chi connectivity index (χ0) is 14.1. The number of nitrogens with two attached hydrogens (primary N) is 1. The van der Waals surface area contributed by atoms with Gasteiger partial charge in [-0.3, -0.25) is 9.89 Å². The third-order valence-electron chi connectivity index (χ3n) is 3.53. The van der Waals surface area contributed by atoms with Gasteiger partial charge in [0, 0.05) is 6.54 Å². The van der Waals surface area contributed by atoms with E-state index in [0.717, 1.165) is 24.1 Å². The monoisotopic (exact) mass is 272 g/mol. The fourth-order valence-electron chi connectivity index (χ4n) is 2.58. The number of carbonyl (C=O) groups is 1. The van der Waals surface area contributed by atoms with Crippen LogP contribution in [-0.2, 0) is 6.42 Å². The Morgan fingerprint density at radius 1 is 1.50 bits per heavy atom. The van der Waals surface area contributed by atoms with Gasteiger partial charge in [0.1, 0.15) is 11.4 Å². The van der Waals surface area contributed by atoms with E-state index < -0.39 is 0 Å². The Hall–Kier alpha value is -2.50. The van der Waals surface area contributed by atoms with Crippen LogP contribution in [0.5, 0.6) is 5.75 Å². The van der Waals surface area contributed by atoms with Gasteiger partial charge in [-0.2, -0.15) is 5.10 Å². The molecule has 0 saturated carbocycles. The predicted molar refractivity (Wildman–Crippen MR) is 76.0 cm³/mol. The molecule has 1 aromatic heterocycles. The second-order valence-electron chi connectivity index (χ2n) is 4.73. The third kappa shape index (κ3) is 1.89. The van der Waals surface area contributed by atoms with Crippen LogP contribution in [0.3, 0.4) is 0 Å². The van der Waals surface area contributed by atoms with Crippen molar-refractivity contribution in [3.8, 4) is 5.75 Å². The maximum absolute atomic E-state index is 12.6. The van der Waals surface area contributed by atoms with Gasteiger partial charge >= 0.3 is 0 Å². The van der Waals surface area contributed by atoms with Gasteiger partial charge in [-0.1, -0.05) is 12.1 Å². The molecule has 0 saturated heterocycles. The summed E-state index contributed by atoms with van der Waals surface area (Å²) in [6.45, 7) is 0.644. The van der Waals surface area contributed by atoms with Gasteiger partial charge in [0.25, 0.3) is 5.91 Å². The van der Waals surface area contributed by atoms with E-state index in [9.17, 15) is 4.79 Å². The summed E-state index contributed by atoms with van der Waals surface area (Å²) in [5.41, 5.74) is 8.39. The first-order valence-electron chi connectivity index (χ1n) is 6.49. The van der Waals surface area contributed by atoms with Crippen LogP contribution in [0.1, 0.15) is 22.5 Å². The van der Waals surface area contributed by atoms with Crippen LogP contribution >= 0.6 is 0 Å². The summed E-state index contributed by atoms with van der Waals surface area (Å²) >= 11 is 0. The van der Waals surface area contributed by atoms with Crippen LogP contribution < -0.4 is 15.4 Å². The van der Waals surface area contributed by atoms with Gasteiger partial charge in [-0.05, 0) is 24.5 Å². The fraction of sp³-hybridized carbons (Fsp3) is 0.286. The Bertz CT molecular complexity index is 636. The summed E-state index contributed by atoms with van der Waals surface area (Å²) in [6.07, 6.45) is 3.30. The van der Waals surface area contributed by atoms with Crippen molar-refractivity contribution in [1.82, 2.24) is 10.2 Å². The molecule has 1 amide bonds. The van der Waals surface area contributed by atoms with Crippen molar-refractivity contribution >= 4 is 17.3 Å². The molecule has 3 rings (SSSR count). The van der Waals surface area contributed by atoms with E-state index in [-0.39, 0.29) is 5.91 Å². The Labute approximate surface area is 116 Å². The van der Waals surface area contributed by atoms with E-state index in [1.165, 1.54) is 6.20 Å². The van der Waals surface area contributed by atoms with Crippen molar-refractivity contribution < 1.29 is 9.53 Å². The van der Waals surface area contributed by atoms with E-state index in [1.54, 1.807) is 12.0 Å². The molecule has 0 fully saturated rings. The minimum Gasteiger partial charge on any atom is -0.495 e. The fourth-order valence-corrected chi connectivity index (χ4v) is 2.58. The number of carbonyl (C=O) groups excluding carboxylic acids is 1. The van der Waals surface area contributed by atoms with Gasteiger partial charge in [0.15, 0.2) is 0 Å². The molecule has 0 atom stereocenters. The quantitative estimate of drug-likeness (QED) is 0.869. The summed E-state index contributed by atoms with van der Waals surface area (Å²) in [5.74, 6) is 0.527. The molecule has 0 spiro atoms. The zero-order valence-corrected chi connectivity index (χ0v) is 11.2. The highest BCUT2D eigenvalue weighted by Crippen LogP contribution is 2.37. The normalized spacial score (nSPS) is 13.9. The number of hydrogen-bond acceptors (Lipinski definition) is 4. The third-order valence-corrected chi connectivity index (χ3v) is 3.53. The lowest BCUT2D eigenvalue weighted by atomic mass is 10.0. The van der Waals surface area contributed by atoms with Gasteiger partial charge < -0.3 is 15.4 Å². The molecule has 0 unspecified atom stereocenters. The van der Waals surface area contributed by atoms with Crippen molar-refractivity contribution in [2.75, 3.05) is 24.3 Å². The number of nitrogens with one attached hydrogen (secondary N) is 1. The van der Waals surface area contributed by atoms with Crippen molar-refractivity contribution in [2.24, 2.45) is 0 Å². The lowest BCUT2D eigenvalue weighted by Gasteiger charge is -2.30. The summed E-state index contributed by atoms with van der Waals surface area (Å²) in [4.78, 5) is 14.3. The molecule has 0 radical (unpaired) electrons. The van der Waals surface area contributed by atoms with Crippen LogP contribution in [-0.4, -0.2) is 29.8 Å². The lowest BCUT2D eigenvalue weighted by Crippen LogP contribution is -2.36. The molecule has 6 nitrogen and oxygen atoms in total. The number of para-hydroxylation sites is 1. The minimum absolute atomic E-state index is 0.176. The number of fused-ring (bicyclic) bond motifs is 1. The van der Waals surface area contributed by atoms with Crippen molar-refractivity contribution in [2.45, 2.75) is 12.8 Å². The van der Waals surface area contributed by atoms with E-state index in [4.69, 9.17) is 10.5 Å². The number of H-pyrrole nitrogens is 1. The van der Waals surface area contributed by atoms with Crippen LogP contribution in [0.4, 0.5) is 11.4 Å². The molecule has 6 heteroatoms. The zero-order valence-electron chi connectivity index (χ0n) is 11.2. The Morgan fingerprint density at radius 3 is 3.05 bits per heavy atom. The summed E-state index contributed by atoms with van der Waals surface area (Å²) in [5, 5.41) is 6.47. The Morgan fingerprint density at radius 2 is 2.35 bits per heavy atom. The number of amides is 1. The van der Waals surface area contributed by atoms with Crippen molar-refractivity contribution in [3.05, 3.63) is 35.7 Å². The number of methoxy groups -OCH3 is 1. The number of aromatic amines is 1. The number of aromatic nitrogens is 2. The molecule has 20 heavy (non-hydrogen) atoms. The standard InChI is InChI=1S/C14H16N4O2/c1-20-11-6-2-4-9-5-3-7-18(13(9)11)14(19)12-10(15)8-16-17-12/h2,4,6,8H,3,5,7,15H2,1H3,(H,16,17). The number of rotatable bonds is 2. The van der Waals surface area contributed by atoms with Crippen molar-refractivity contribution in [1.29, 1.82) is 0 Å². The SMILES string of the molecule is COc1cccc2c1N(C(=O)c1[nH]ncc1N)CCC2. The van der Waals surface area contributed by atoms with Gasteiger partial charge in [-0.25, -0.2) is 0 Å². The van der Waals surface area contributed by atoms with E-state index in [1.807, 2.05) is 18.2 Å². The number of hydrogen-bond donors (Lipinski definition) is 2. The molecule has 0 bridgehead atoms. The first kappa shape index (κ1) is 12.5. The molecular formula is C14H16N4O2. The molecule has 104 valence electrons. The molecule has 1 aliphatic rings. The predicted octanol–water partition coefficient (Wildman–Crippen LogP) is 1.59. The largest absolute Gasteiger partial charge is 0.495 e. The lowest BCUT2D eigenvalue weighted by molar-refractivity contribution is 0.0980. The van der Waals surface area contributed by atoms with Crippen LogP contribution in [0, 0.1) is 0 Å². The number of aryl methyl sites for hydroxylation is 1. The maximum atomic E-state index is 12.6. The number of benzene rings is 1. The number of anilines is 2. The van der Waals surface area contributed by atoms with Gasteiger partial charge in [-0.15, -0.1) is 0 Å². The van der Waals surface area contributed by atoms with Crippen molar-refractivity contribution in [3.63, 3.8) is 0 Å². The Balaban J connectivity index is 2.06. The first-order valence-corrected chi connectivity index (χ1v) is 6.49. The highest BCUT2D eigenvalue weighted by molar-refractivity contribution is 6.09. The van der Waals surface area contributed by atoms with Crippen LogP contribution in [0.15, 0.2) is 24.4 Å². The van der Waals surface area contributed by atoms with Gasteiger partial charge in [0.05, 0.1) is 24.7 Å². The highest BCUT2D eigenvalue weighted by Gasteiger charge is 2.28. The Kier molecular flexibility index (Phi) is 3.06. The summed E-state index contributed by atoms with van der Waals surface area (Å²) in [6, 6.07) is 5.82. The maximum Gasteiger partial charge on any atom is 0.278 e. The topological polar surface area (TPSA) is 84.2 Å². The molecule has 2 aromatic rings.